The van der Waals surface area contributed by atoms with Crippen molar-refractivity contribution in [3.8, 4) is 0 Å². The molecule has 0 spiro atoms. The van der Waals surface area contributed by atoms with E-state index in [2.05, 4.69) is 11.4 Å². The van der Waals surface area contributed by atoms with E-state index in [1.807, 2.05) is 35.2 Å². The molecule has 1 aromatic carbocycles. The second-order valence-corrected chi connectivity index (χ2v) is 7.82. The van der Waals surface area contributed by atoms with Gasteiger partial charge in [-0.25, -0.2) is 0 Å². The highest BCUT2D eigenvalue weighted by Gasteiger charge is 2.34. The second kappa shape index (κ2) is 6.42. The minimum Gasteiger partial charge on any atom is -0.326 e. The molecule has 0 saturated carbocycles. The first kappa shape index (κ1) is 16.0. The third kappa shape index (κ3) is 2.85. The Labute approximate surface area is 152 Å². The van der Waals surface area contributed by atoms with Crippen molar-refractivity contribution in [1.29, 1.82) is 0 Å². The van der Waals surface area contributed by atoms with Crippen molar-refractivity contribution in [2.45, 2.75) is 12.5 Å². The van der Waals surface area contributed by atoms with E-state index in [4.69, 9.17) is 0 Å². The average Bonchev–Trinajstić information content (AvgIpc) is 3.30. The standard InChI is InChI=1S/C18H14N2O3S2/c21-18(15-6-7-16(25-15)20(22)23)19-10-8-14-13(9-11-24-14)17(19)12-4-2-1-3-5-12/h1-7,9,11,17H,8,10H2/t17-/m1/s1. The SMILES string of the molecule is O=C(c1ccc([N+](=O)[O-])s1)N1CCc2sccc2[C@H]1c1ccccc1. The fourth-order valence-electron chi connectivity index (χ4n) is 3.21. The normalized spacial score (nSPS) is 16.5. The van der Waals surface area contributed by atoms with E-state index in [1.54, 1.807) is 17.4 Å². The summed E-state index contributed by atoms with van der Waals surface area (Å²) in [6.45, 7) is 0.609. The molecule has 0 radical (unpaired) electrons. The number of hydrogen-bond donors (Lipinski definition) is 0. The number of carbonyl (C=O) groups excluding carboxylic acids is 1. The monoisotopic (exact) mass is 370 g/mol. The summed E-state index contributed by atoms with van der Waals surface area (Å²) in [5, 5.41) is 13.0. The van der Waals surface area contributed by atoms with Gasteiger partial charge in [-0.2, -0.15) is 0 Å². The van der Waals surface area contributed by atoms with Crippen LogP contribution in [0.25, 0.3) is 0 Å². The van der Waals surface area contributed by atoms with Crippen LogP contribution in [0.4, 0.5) is 5.00 Å². The van der Waals surface area contributed by atoms with Gasteiger partial charge in [0, 0.05) is 17.5 Å². The van der Waals surface area contributed by atoms with Gasteiger partial charge < -0.3 is 4.90 Å². The van der Waals surface area contributed by atoms with Crippen molar-refractivity contribution in [3.63, 3.8) is 0 Å². The number of nitro groups is 1. The van der Waals surface area contributed by atoms with E-state index in [9.17, 15) is 14.9 Å². The van der Waals surface area contributed by atoms with Crippen LogP contribution in [0.2, 0.25) is 0 Å². The van der Waals surface area contributed by atoms with E-state index in [1.165, 1.54) is 10.9 Å². The lowest BCUT2D eigenvalue weighted by Gasteiger charge is -2.36. The van der Waals surface area contributed by atoms with E-state index >= 15 is 0 Å². The molecule has 2 aromatic heterocycles. The number of nitrogens with zero attached hydrogens (tertiary/aromatic N) is 2. The molecule has 5 nitrogen and oxygen atoms in total. The zero-order valence-electron chi connectivity index (χ0n) is 13.1. The van der Waals surface area contributed by atoms with E-state index in [0.717, 1.165) is 28.9 Å². The molecule has 7 heteroatoms. The highest BCUT2D eigenvalue weighted by atomic mass is 32.1. The summed E-state index contributed by atoms with van der Waals surface area (Å²) in [4.78, 5) is 27.1. The number of amides is 1. The molecule has 3 aromatic rings. The van der Waals surface area contributed by atoms with Crippen LogP contribution in [0.5, 0.6) is 0 Å². The summed E-state index contributed by atoms with van der Waals surface area (Å²) in [6.07, 6.45) is 0.815. The molecule has 0 aliphatic carbocycles. The summed E-state index contributed by atoms with van der Waals surface area (Å²) in [6, 6.07) is 14.8. The molecule has 0 fully saturated rings. The number of benzene rings is 1. The average molecular weight is 370 g/mol. The zero-order chi connectivity index (χ0) is 17.4. The molecule has 0 unspecified atom stereocenters. The van der Waals surface area contributed by atoms with Crippen LogP contribution in [-0.2, 0) is 6.42 Å². The molecule has 126 valence electrons. The van der Waals surface area contributed by atoms with Crippen molar-refractivity contribution in [1.82, 2.24) is 4.90 Å². The molecule has 1 amide bonds. The van der Waals surface area contributed by atoms with Gasteiger partial charge in [-0.1, -0.05) is 41.7 Å². The zero-order valence-corrected chi connectivity index (χ0v) is 14.8. The van der Waals surface area contributed by atoms with Crippen LogP contribution < -0.4 is 0 Å². The van der Waals surface area contributed by atoms with Crippen molar-refractivity contribution >= 4 is 33.6 Å². The van der Waals surface area contributed by atoms with Crippen LogP contribution >= 0.6 is 22.7 Å². The number of carbonyl (C=O) groups is 1. The minimum absolute atomic E-state index is 0.00663. The maximum Gasteiger partial charge on any atom is 0.324 e. The molecule has 0 saturated heterocycles. The predicted octanol–water partition coefficient (Wildman–Crippen LogP) is 4.51. The van der Waals surface area contributed by atoms with Gasteiger partial charge in [-0.15, -0.1) is 11.3 Å². The Morgan fingerprint density at radius 3 is 2.68 bits per heavy atom. The topological polar surface area (TPSA) is 63.4 Å². The number of hydrogen-bond acceptors (Lipinski definition) is 5. The fraction of sp³-hybridized carbons (Fsp3) is 0.167. The maximum absolute atomic E-state index is 13.1. The Hall–Kier alpha value is -2.51. The van der Waals surface area contributed by atoms with Gasteiger partial charge in [0.25, 0.3) is 5.91 Å². The second-order valence-electron chi connectivity index (χ2n) is 5.76. The van der Waals surface area contributed by atoms with E-state index in [0.29, 0.717) is 11.4 Å². The summed E-state index contributed by atoms with van der Waals surface area (Å²) in [5.41, 5.74) is 2.21. The highest BCUT2D eigenvalue weighted by Crippen LogP contribution is 2.39. The maximum atomic E-state index is 13.1. The highest BCUT2D eigenvalue weighted by molar-refractivity contribution is 7.17. The van der Waals surface area contributed by atoms with Gasteiger partial charge in [-0.05, 0) is 35.1 Å². The minimum atomic E-state index is -0.455. The molecule has 4 rings (SSSR count). The molecule has 0 N–H and O–H groups in total. The van der Waals surface area contributed by atoms with Crippen molar-refractivity contribution in [3.05, 3.63) is 84.9 Å². The van der Waals surface area contributed by atoms with Crippen molar-refractivity contribution in [2.24, 2.45) is 0 Å². The molecule has 25 heavy (non-hydrogen) atoms. The summed E-state index contributed by atoms with van der Waals surface area (Å²) in [5.74, 6) is -0.149. The Morgan fingerprint density at radius 2 is 1.96 bits per heavy atom. The van der Waals surface area contributed by atoms with Gasteiger partial charge in [0.05, 0.1) is 15.8 Å². The Balaban J connectivity index is 1.74. The van der Waals surface area contributed by atoms with Gasteiger partial charge in [0.15, 0.2) is 0 Å². The summed E-state index contributed by atoms with van der Waals surface area (Å²) < 4.78 is 0. The molecule has 3 heterocycles. The lowest BCUT2D eigenvalue weighted by atomic mass is 9.93. The number of thiophene rings is 2. The first-order valence-electron chi connectivity index (χ1n) is 7.81. The van der Waals surface area contributed by atoms with Crippen LogP contribution in [0.1, 0.15) is 31.7 Å². The Kier molecular flexibility index (Phi) is 4.10. The molecule has 1 aliphatic heterocycles. The number of rotatable bonds is 3. The Bertz CT molecular complexity index is 933. The van der Waals surface area contributed by atoms with E-state index < -0.39 is 4.92 Å². The molecular weight excluding hydrogens is 356 g/mol. The smallest absolute Gasteiger partial charge is 0.324 e. The quantitative estimate of drug-likeness (QED) is 0.503. The van der Waals surface area contributed by atoms with Crippen molar-refractivity contribution in [2.75, 3.05) is 6.54 Å². The lowest BCUT2D eigenvalue weighted by molar-refractivity contribution is -0.380. The predicted molar refractivity (Wildman–Crippen MR) is 98.3 cm³/mol. The van der Waals surface area contributed by atoms with Gasteiger partial charge in [0.2, 0.25) is 0 Å². The molecular formula is C18H14N2O3S2. The van der Waals surface area contributed by atoms with Gasteiger partial charge in [0.1, 0.15) is 0 Å². The van der Waals surface area contributed by atoms with Crippen LogP contribution in [0, 0.1) is 10.1 Å². The van der Waals surface area contributed by atoms with Crippen molar-refractivity contribution < 1.29 is 9.72 Å². The number of fused-ring (bicyclic) bond motifs is 1. The first-order chi connectivity index (χ1) is 12.1. The van der Waals surface area contributed by atoms with E-state index in [-0.39, 0.29) is 17.0 Å². The fourth-order valence-corrected chi connectivity index (χ4v) is 4.89. The first-order valence-corrected chi connectivity index (χ1v) is 9.51. The summed E-state index contributed by atoms with van der Waals surface area (Å²) >= 11 is 2.65. The third-order valence-electron chi connectivity index (χ3n) is 4.32. The van der Waals surface area contributed by atoms with Crippen LogP contribution in [0.3, 0.4) is 0 Å². The largest absolute Gasteiger partial charge is 0.326 e. The summed E-state index contributed by atoms with van der Waals surface area (Å²) in [7, 11) is 0. The molecule has 1 aliphatic rings. The van der Waals surface area contributed by atoms with Gasteiger partial charge >= 0.3 is 5.00 Å². The van der Waals surface area contributed by atoms with Crippen LogP contribution in [0.15, 0.2) is 53.9 Å². The van der Waals surface area contributed by atoms with Crippen LogP contribution in [-0.4, -0.2) is 22.3 Å². The molecule has 1 atom stereocenters. The third-order valence-corrected chi connectivity index (χ3v) is 6.35. The molecule has 0 bridgehead atoms. The van der Waals surface area contributed by atoms with Gasteiger partial charge in [-0.3, -0.25) is 14.9 Å². The Morgan fingerprint density at radius 1 is 1.16 bits per heavy atom. The lowest BCUT2D eigenvalue weighted by Crippen LogP contribution is -2.39.